The highest BCUT2D eigenvalue weighted by molar-refractivity contribution is 5.98. The molecule has 0 bridgehead atoms. The van der Waals surface area contributed by atoms with Crippen LogP contribution in [0.5, 0.6) is 5.75 Å². The van der Waals surface area contributed by atoms with Gasteiger partial charge in [-0.3, -0.25) is 4.79 Å². The average molecular weight is 431 g/mol. The number of ether oxygens (including phenoxy) is 3. The van der Waals surface area contributed by atoms with E-state index in [0.717, 1.165) is 5.56 Å². The number of para-hydroxylation sites is 2. The molecule has 1 atom stereocenters. The second-order valence-electron chi connectivity index (χ2n) is 7.21. The molecule has 1 aliphatic heterocycles. The van der Waals surface area contributed by atoms with E-state index in [2.05, 4.69) is 5.32 Å². The SMILES string of the molecule is COc1ccccc1NC(=O)COC(=O)c1ccc2c(c1)CC(c1ccccc1)OC2=O. The van der Waals surface area contributed by atoms with Crippen molar-refractivity contribution in [2.24, 2.45) is 0 Å². The van der Waals surface area contributed by atoms with Gasteiger partial charge in [0.1, 0.15) is 11.9 Å². The number of hydrogen-bond donors (Lipinski definition) is 1. The molecule has 162 valence electrons. The number of amides is 1. The van der Waals surface area contributed by atoms with Crippen molar-refractivity contribution >= 4 is 23.5 Å². The van der Waals surface area contributed by atoms with E-state index < -0.39 is 30.6 Å². The smallest absolute Gasteiger partial charge is 0.339 e. The Morgan fingerprint density at radius 1 is 1.03 bits per heavy atom. The van der Waals surface area contributed by atoms with Gasteiger partial charge in [0.05, 0.1) is 23.9 Å². The van der Waals surface area contributed by atoms with E-state index in [1.165, 1.54) is 13.2 Å². The Labute approximate surface area is 184 Å². The van der Waals surface area contributed by atoms with Crippen LogP contribution in [0, 0.1) is 0 Å². The number of anilines is 1. The minimum atomic E-state index is -0.654. The van der Waals surface area contributed by atoms with Crippen LogP contribution in [0.1, 0.15) is 37.9 Å². The van der Waals surface area contributed by atoms with Gasteiger partial charge in [0.2, 0.25) is 0 Å². The Morgan fingerprint density at radius 2 is 1.78 bits per heavy atom. The zero-order valence-corrected chi connectivity index (χ0v) is 17.4. The number of hydrogen-bond acceptors (Lipinski definition) is 6. The van der Waals surface area contributed by atoms with E-state index in [1.54, 1.807) is 36.4 Å². The van der Waals surface area contributed by atoms with Crippen molar-refractivity contribution in [3.8, 4) is 5.75 Å². The molecule has 1 unspecified atom stereocenters. The topological polar surface area (TPSA) is 90.9 Å². The van der Waals surface area contributed by atoms with Crippen LogP contribution in [0.25, 0.3) is 0 Å². The van der Waals surface area contributed by atoms with E-state index in [0.29, 0.717) is 29.0 Å². The first-order valence-corrected chi connectivity index (χ1v) is 10.0. The first-order valence-electron chi connectivity index (χ1n) is 10.0. The van der Waals surface area contributed by atoms with E-state index in [1.807, 2.05) is 30.3 Å². The van der Waals surface area contributed by atoms with E-state index >= 15 is 0 Å². The number of carbonyl (C=O) groups is 3. The predicted molar refractivity (Wildman–Crippen MR) is 117 cm³/mol. The fourth-order valence-corrected chi connectivity index (χ4v) is 3.53. The third kappa shape index (κ3) is 4.62. The molecule has 0 saturated carbocycles. The lowest BCUT2D eigenvalue weighted by Crippen LogP contribution is -2.23. The molecule has 0 aromatic heterocycles. The molecule has 0 aliphatic carbocycles. The van der Waals surface area contributed by atoms with Crippen molar-refractivity contribution in [1.82, 2.24) is 0 Å². The fourth-order valence-electron chi connectivity index (χ4n) is 3.53. The minimum Gasteiger partial charge on any atom is -0.495 e. The molecule has 0 fully saturated rings. The molecule has 0 radical (unpaired) electrons. The van der Waals surface area contributed by atoms with Crippen LogP contribution in [-0.2, 0) is 20.7 Å². The molecule has 4 rings (SSSR count). The summed E-state index contributed by atoms with van der Waals surface area (Å²) in [4.78, 5) is 37.1. The maximum Gasteiger partial charge on any atom is 0.339 e. The molecule has 7 heteroatoms. The number of nitrogens with one attached hydrogen (secondary N) is 1. The van der Waals surface area contributed by atoms with Gasteiger partial charge in [-0.1, -0.05) is 42.5 Å². The maximum absolute atomic E-state index is 12.5. The van der Waals surface area contributed by atoms with Gasteiger partial charge in [0.15, 0.2) is 6.61 Å². The summed E-state index contributed by atoms with van der Waals surface area (Å²) in [6.07, 6.45) is 0.0228. The summed E-state index contributed by atoms with van der Waals surface area (Å²) < 4.78 is 15.9. The van der Waals surface area contributed by atoms with Gasteiger partial charge in [-0.2, -0.15) is 0 Å². The molecule has 3 aromatic carbocycles. The fraction of sp³-hybridized carbons (Fsp3) is 0.160. The van der Waals surface area contributed by atoms with Gasteiger partial charge in [-0.25, -0.2) is 9.59 Å². The number of esters is 2. The molecule has 1 amide bonds. The summed E-state index contributed by atoms with van der Waals surface area (Å²) >= 11 is 0. The van der Waals surface area contributed by atoms with Gasteiger partial charge in [-0.15, -0.1) is 0 Å². The number of benzene rings is 3. The molecule has 1 aliphatic rings. The normalized spacial score (nSPS) is 14.7. The Morgan fingerprint density at radius 3 is 2.56 bits per heavy atom. The van der Waals surface area contributed by atoms with Crippen molar-refractivity contribution in [1.29, 1.82) is 0 Å². The Kier molecular flexibility index (Phi) is 6.17. The maximum atomic E-state index is 12.5. The van der Waals surface area contributed by atoms with Crippen molar-refractivity contribution in [2.75, 3.05) is 19.0 Å². The second kappa shape index (κ2) is 9.34. The van der Waals surface area contributed by atoms with Crippen molar-refractivity contribution in [3.63, 3.8) is 0 Å². The quantitative estimate of drug-likeness (QED) is 0.595. The predicted octanol–water partition coefficient (Wildman–Crippen LogP) is 3.94. The van der Waals surface area contributed by atoms with Crippen molar-refractivity contribution < 1.29 is 28.6 Å². The summed E-state index contributed by atoms with van der Waals surface area (Å²) in [5, 5.41) is 2.65. The summed E-state index contributed by atoms with van der Waals surface area (Å²) in [5.41, 5.74) is 2.74. The third-order valence-corrected chi connectivity index (χ3v) is 5.10. The largest absolute Gasteiger partial charge is 0.495 e. The van der Waals surface area contributed by atoms with Crippen LogP contribution in [-0.4, -0.2) is 31.6 Å². The Bertz CT molecular complexity index is 1160. The molecule has 0 saturated heterocycles. The molecule has 1 heterocycles. The summed E-state index contributed by atoms with van der Waals surface area (Å²) in [6.45, 7) is -0.456. The van der Waals surface area contributed by atoms with Crippen LogP contribution in [0.15, 0.2) is 72.8 Å². The van der Waals surface area contributed by atoms with Crippen molar-refractivity contribution in [2.45, 2.75) is 12.5 Å². The summed E-state index contributed by atoms with van der Waals surface area (Å²) in [7, 11) is 1.50. The van der Waals surface area contributed by atoms with E-state index in [9.17, 15) is 14.4 Å². The van der Waals surface area contributed by atoms with Crippen LogP contribution in [0.3, 0.4) is 0 Å². The first kappa shape index (κ1) is 21.1. The van der Waals surface area contributed by atoms with Gasteiger partial charge >= 0.3 is 11.9 Å². The summed E-state index contributed by atoms with van der Waals surface area (Å²) in [6, 6.07) is 21.0. The standard InChI is InChI=1S/C25H21NO6/c1-30-21-10-6-5-9-20(21)26-23(27)15-31-24(28)17-11-12-19-18(13-17)14-22(32-25(19)29)16-7-3-2-4-8-16/h2-13,22H,14-15H2,1H3,(H,26,27). The monoisotopic (exact) mass is 431 g/mol. The van der Waals surface area contributed by atoms with Gasteiger partial charge < -0.3 is 19.5 Å². The van der Waals surface area contributed by atoms with Crippen LogP contribution in [0.2, 0.25) is 0 Å². The first-order chi connectivity index (χ1) is 15.5. The molecule has 0 spiro atoms. The highest BCUT2D eigenvalue weighted by atomic mass is 16.5. The Balaban J connectivity index is 1.42. The third-order valence-electron chi connectivity index (χ3n) is 5.10. The van der Waals surface area contributed by atoms with Crippen LogP contribution in [0.4, 0.5) is 5.69 Å². The molecule has 32 heavy (non-hydrogen) atoms. The molecule has 1 N–H and O–H groups in total. The number of methoxy groups -OCH3 is 1. The molecular weight excluding hydrogens is 410 g/mol. The number of cyclic esters (lactones) is 1. The van der Waals surface area contributed by atoms with Gasteiger partial charge in [0, 0.05) is 6.42 Å². The van der Waals surface area contributed by atoms with Gasteiger partial charge in [0.25, 0.3) is 5.91 Å². The number of carbonyl (C=O) groups excluding carboxylic acids is 3. The van der Waals surface area contributed by atoms with E-state index in [4.69, 9.17) is 14.2 Å². The highest BCUT2D eigenvalue weighted by Gasteiger charge is 2.28. The highest BCUT2D eigenvalue weighted by Crippen LogP contribution is 2.31. The molecule has 3 aromatic rings. The number of rotatable bonds is 6. The Hall–Kier alpha value is -4.13. The molecular formula is C25H21NO6. The lowest BCUT2D eigenvalue weighted by molar-refractivity contribution is -0.119. The number of fused-ring (bicyclic) bond motifs is 1. The second-order valence-corrected chi connectivity index (χ2v) is 7.21. The lowest BCUT2D eigenvalue weighted by atomic mass is 9.93. The average Bonchev–Trinajstić information content (AvgIpc) is 2.83. The van der Waals surface area contributed by atoms with Crippen LogP contribution >= 0.6 is 0 Å². The van der Waals surface area contributed by atoms with Gasteiger partial charge in [-0.05, 0) is 41.5 Å². The lowest BCUT2D eigenvalue weighted by Gasteiger charge is -2.25. The minimum absolute atomic E-state index is 0.260. The summed E-state index contributed by atoms with van der Waals surface area (Å²) in [5.74, 6) is -1.08. The van der Waals surface area contributed by atoms with Crippen LogP contribution < -0.4 is 10.1 Å². The zero-order chi connectivity index (χ0) is 22.5. The van der Waals surface area contributed by atoms with E-state index in [-0.39, 0.29) is 5.56 Å². The zero-order valence-electron chi connectivity index (χ0n) is 17.4. The molecule has 7 nitrogen and oxygen atoms in total. The van der Waals surface area contributed by atoms with Crippen molar-refractivity contribution in [3.05, 3.63) is 95.1 Å².